The second kappa shape index (κ2) is 16.2. The Morgan fingerprint density at radius 2 is 1.11 bits per heavy atom. The van der Waals surface area contributed by atoms with Gasteiger partial charge in [0, 0.05) is 43.5 Å². The van der Waals surface area contributed by atoms with Gasteiger partial charge in [-0.25, -0.2) is 0 Å². The molecule has 6 aromatic carbocycles. The zero-order valence-electron chi connectivity index (χ0n) is 46.7. The minimum Gasteiger partial charge on any atom is -0.311 e. The van der Waals surface area contributed by atoms with Gasteiger partial charge in [0.1, 0.15) is 0 Å². The zero-order valence-corrected chi connectivity index (χ0v) is 47.5. The van der Waals surface area contributed by atoms with Gasteiger partial charge in [0.15, 0.2) is 0 Å². The second-order valence-corrected chi connectivity index (χ2v) is 28.7. The van der Waals surface area contributed by atoms with E-state index in [0.717, 1.165) is 12.8 Å². The third-order valence-corrected chi connectivity index (χ3v) is 19.8. The van der Waals surface area contributed by atoms with E-state index in [1.807, 2.05) is 0 Å². The predicted octanol–water partition coefficient (Wildman–Crippen LogP) is 17.8. The van der Waals surface area contributed by atoms with Crippen molar-refractivity contribution in [2.75, 3.05) is 9.80 Å². The number of anilines is 6. The van der Waals surface area contributed by atoms with E-state index in [0.29, 0.717) is 0 Å². The molecule has 0 N–H and O–H groups in total. The van der Waals surface area contributed by atoms with E-state index in [2.05, 4.69) is 246 Å². The van der Waals surface area contributed by atoms with Crippen LogP contribution in [-0.2, 0) is 33.5 Å². The van der Waals surface area contributed by atoms with Gasteiger partial charge in [0.25, 0.3) is 6.71 Å². The molecule has 73 heavy (non-hydrogen) atoms. The molecule has 0 spiro atoms. The quantitative estimate of drug-likeness (QED) is 0.162. The number of benzene rings is 6. The molecule has 3 heterocycles. The molecule has 5 aliphatic rings. The van der Waals surface area contributed by atoms with Gasteiger partial charge in [0.2, 0.25) is 0 Å². The number of aryl methyl sites for hydroxylation is 2. The molecular weight excluding hydrogens is 900 g/mol. The molecule has 12 rings (SSSR count). The molecule has 1 aromatic heterocycles. The summed E-state index contributed by atoms with van der Waals surface area (Å²) in [4.78, 5) is 7.02. The maximum Gasteiger partial charge on any atom is 0.264 e. The van der Waals surface area contributed by atoms with Crippen LogP contribution in [0.5, 0.6) is 0 Å². The minimum atomic E-state index is -0.0405. The number of nitrogens with zero attached hydrogens (tertiary/aromatic N) is 2. The summed E-state index contributed by atoms with van der Waals surface area (Å²) in [6.07, 6.45) is 9.55. The topological polar surface area (TPSA) is 6.48 Å². The molecule has 3 aliphatic carbocycles. The molecule has 372 valence electrons. The zero-order chi connectivity index (χ0) is 51.5. The molecule has 7 aromatic rings. The van der Waals surface area contributed by atoms with Gasteiger partial charge in [-0.15, -0.1) is 0 Å². The number of thiophene rings is 1. The van der Waals surface area contributed by atoms with Gasteiger partial charge in [0.05, 0.1) is 11.4 Å². The molecule has 2 aliphatic heterocycles. The average molecular weight is 977 g/mol. The Balaban J connectivity index is 1.20. The summed E-state index contributed by atoms with van der Waals surface area (Å²) in [6, 6.07) is 45.8. The van der Waals surface area contributed by atoms with E-state index in [1.165, 1.54) is 142 Å². The molecule has 0 amide bonds. The molecule has 0 unspecified atom stereocenters. The molecule has 0 saturated heterocycles. The highest BCUT2D eigenvalue weighted by molar-refractivity contribution is 7.29. The number of allylic oxidation sites excluding steroid dienone is 1. The smallest absolute Gasteiger partial charge is 0.264 e. The third-order valence-electron chi connectivity index (χ3n) is 18.5. The predicted molar refractivity (Wildman–Crippen MR) is 319 cm³/mol. The normalized spacial score (nSPS) is 18.7. The Kier molecular flexibility index (Phi) is 10.7. The Hall–Kier alpha value is -5.58. The van der Waals surface area contributed by atoms with Crippen molar-refractivity contribution in [2.24, 2.45) is 5.41 Å². The highest BCUT2D eigenvalue weighted by Crippen LogP contribution is 2.55. The highest BCUT2D eigenvalue weighted by Gasteiger charge is 2.49. The maximum atomic E-state index is 2.76. The van der Waals surface area contributed by atoms with Crippen LogP contribution in [-0.4, -0.2) is 6.71 Å². The van der Waals surface area contributed by atoms with Crippen molar-refractivity contribution in [3.63, 3.8) is 0 Å². The fourth-order valence-electron chi connectivity index (χ4n) is 13.7. The molecule has 0 bridgehead atoms. The second-order valence-electron chi connectivity index (χ2n) is 27.5. The Bertz CT molecular complexity index is 3450. The van der Waals surface area contributed by atoms with Crippen LogP contribution < -0.4 is 25.5 Å². The Morgan fingerprint density at radius 1 is 0.507 bits per heavy atom. The Labute approximate surface area is 443 Å². The number of fused-ring (bicyclic) bond motifs is 8. The van der Waals surface area contributed by atoms with Crippen molar-refractivity contribution >= 4 is 74.0 Å². The van der Waals surface area contributed by atoms with Crippen molar-refractivity contribution in [1.82, 2.24) is 0 Å². The lowest BCUT2D eigenvalue weighted by molar-refractivity contribution is 0.332. The standard InChI is InChI=1S/C69H77BN2S/c1-42-34-58-61-59(35-42)72(56-28-24-46(64(2,3)4)37-49(56)45-23-19-22-44(36-45)43-20-17-16-18-21-43)62-50-38-47(65(5,6)7)25-29-60(50)73-63(62)70(61)55-40-53-54(69(14,15)33-32-68(53,12)13)41-57(55)71(58)48-26-27-51-52(39-48)67(10,11)31-30-66(51,8)9/h16-24,26-28,34-41H,25,29-33H2,1-15H3. The fourth-order valence-corrected chi connectivity index (χ4v) is 15.1. The van der Waals surface area contributed by atoms with Crippen LogP contribution in [0.2, 0.25) is 0 Å². The molecule has 0 atom stereocenters. The van der Waals surface area contributed by atoms with Crippen LogP contribution in [0, 0.1) is 12.3 Å². The first-order valence-electron chi connectivity index (χ1n) is 27.6. The van der Waals surface area contributed by atoms with Gasteiger partial charge in [-0.1, -0.05) is 175 Å². The van der Waals surface area contributed by atoms with Gasteiger partial charge in [-0.3, -0.25) is 0 Å². The molecule has 0 saturated carbocycles. The van der Waals surface area contributed by atoms with Crippen molar-refractivity contribution in [1.29, 1.82) is 0 Å². The monoisotopic (exact) mass is 977 g/mol. The van der Waals surface area contributed by atoms with Gasteiger partial charge < -0.3 is 9.80 Å². The van der Waals surface area contributed by atoms with Crippen LogP contribution in [0.15, 0.2) is 121 Å². The van der Waals surface area contributed by atoms with Crippen molar-refractivity contribution in [3.05, 3.63) is 165 Å². The molecule has 0 fully saturated rings. The lowest BCUT2D eigenvalue weighted by atomic mass is 9.35. The van der Waals surface area contributed by atoms with Crippen LogP contribution in [0.25, 0.3) is 28.3 Å². The van der Waals surface area contributed by atoms with Crippen LogP contribution >= 0.6 is 11.3 Å². The number of hydrogen-bond acceptors (Lipinski definition) is 3. The van der Waals surface area contributed by atoms with E-state index in [-0.39, 0.29) is 39.2 Å². The summed E-state index contributed by atoms with van der Waals surface area (Å²) in [5, 5.41) is 0. The first-order chi connectivity index (χ1) is 34.3. The summed E-state index contributed by atoms with van der Waals surface area (Å²) in [5.41, 5.74) is 27.8. The van der Waals surface area contributed by atoms with Crippen LogP contribution in [0.4, 0.5) is 34.1 Å². The largest absolute Gasteiger partial charge is 0.311 e. The van der Waals surface area contributed by atoms with Crippen molar-refractivity contribution < 1.29 is 0 Å². The van der Waals surface area contributed by atoms with E-state index >= 15 is 0 Å². The molecule has 4 heteroatoms. The van der Waals surface area contributed by atoms with E-state index in [1.54, 1.807) is 5.57 Å². The Morgan fingerprint density at radius 3 is 1.77 bits per heavy atom. The van der Waals surface area contributed by atoms with Gasteiger partial charge in [-0.05, 0) is 187 Å². The summed E-state index contributed by atoms with van der Waals surface area (Å²) in [5.74, 6) is 0. The molecule has 2 nitrogen and oxygen atoms in total. The lowest BCUT2D eigenvalue weighted by Gasteiger charge is -2.47. The van der Waals surface area contributed by atoms with Gasteiger partial charge in [-0.2, -0.15) is 11.3 Å². The van der Waals surface area contributed by atoms with Gasteiger partial charge >= 0.3 is 0 Å². The molecular formula is C69H77BN2S. The first kappa shape index (κ1) is 48.4. The summed E-state index contributed by atoms with van der Waals surface area (Å²) < 4.78 is 1.49. The van der Waals surface area contributed by atoms with E-state index in [9.17, 15) is 0 Å². The SMILES string of the molecule is Cc1cc2c3c(c1)N(c1ccc(C(C)(C)C)cc1-c1cccc(-c4ccccc4)c1)c1c(sc4c1C=C(C(C)(C)C)CC4)B3c1cc3c(cc1N2c1ccc2c(c1)C(C)(C)CCC2(C)C)C(C)(C)CCC3(C)C. The number of hydrogen-bond donors (Lipinski definition) is 0. The summed E-state index contributed by atoms with van der Waals surface area (Å²) in [6.45, 7) is 36.6. The average Bonchev–Trinajstić information content (AvgIpc) is 3.72. The summed E-state index contributed by atoms with van der Waals surface area (Å²) >= 11 is 2.11. The molecule has 0 radical (unpaired) electrons. The van der Waals surface area contributed by atoms with Crippen LogP contribution in [0.1, 0.15) is 173 Å². The van der Waals surface area contributed by atoms with E-state index in [4.69, 9.17) is 0 Å². The van der Waals surface area contributed by atoms with Crippen molar-refractivity contribution in [2.45, 2.75) is 169 Å². The maximum absolute atomic E-state index is 2.76. The van der Waals surface area contributed by atoms with E-state index < -0.39 is 0 Å². The fraction of sp³-hybridized carbons (Fsp3) is 0.391. The summed E-state index contributed by atoms with van der Waals surface area (Å²) in [7, 11) is 0. The highest BCUT2D eigenvalue weighted by atomic mass is 32.1. The third kappa shape index (κ3) is 7.68. The lowest BCUT2D eigenvalue weighted by Crippen LogP contribution is -2.61. The number of rotatable bonds is 4. The van der Waals surface area contributed by atoms with Crippen molar-refractivity contribution in [3.8, 4) is 22.3 Å². The van der Waals surface area contributed by atoms with Crippen LogP contribution in [0.3, 0.4) is 0 Å². The first-order valence-corrected chi connectivity index (χ1v) is 28.4. The minimum absolute atomic E-state index is 0.0405.